The molecule has 5 nitrogen and oxygen atoms in total. The number of hydrogen-bond donors (Lipinski definition) is 2. The lowest BCUT2D eigenvalue weighted by Gasteiger charge is -2.13. The summed E-state index contributed by atoms with van der Waals surface area (Å²) < 4.78 is 0. The van der Waals surface area contributed by atoms with Gasteiger partial charge in [-0.1, -0.05) is 19.1 Å². The minimum Gasteiger partial charge on any atom is -0.352 e. The summed E-state index contributed by atoms with van der Waals surface area (Å²) in [5.74, 6) is 0.266. The quantitative estimate of drug-likeness (QED) is 0.879. The maximum atomic E-state index is 12.5. The number of nitrogens with one attached hydrogen (secondary N) is 2. The molecule has 1 heterocycles. The van der Waals surface area contributed by atoms with Crippen molar-refractivity contribution in [2.24, 2.45) is 0 Å². The Morgan fingerprint density at radius 3 is 2.65 bits per heavy atom. The number of carbonyl (C=O) groups is 1. The maximum absolute atomic E-state index is 12.5. The molecule has 1 amide bonds. The van der Waals surface area contributed by atoms with E-state index in [0.717, 1.165) is 28.9 Å². The zero-order chi connectivity index (χ0) is 17.0. The van der Waals surface area contributed by atoms with Crippen LogP contribution in [0.1, 0.15) is 47.6 Å². The molecule has 0 saturated heterocycles. The van der Waals surface area contributed by atoms with Crippen LogP contribution >= 0.6 is 0 Å². The molecule has 0 aliphatic heterocycles. The topological polar surface area (TPSA) is 66.9 Å². The first-order valence-electron chi connectivity index (χ1n) is 7.90. The molecule has 1 unspecified atom stereocenters. The van der Waals surface area contributed by atoms with Crippen LogP contribution in [-0.4, -0.2) is 21.9 Å². The van der Waals surface area contributed by atoms with E-state index in [-0.39, 0.29) is 11.9 Å². The second-order valence-corrected chi connectivity index (χ2v) is 5.87. The smallest absolute Gasteiger partial charge is 0.274 e. The van der Waals surface area contributed by atoms with E-state index in [4.69, 9.17) is 0 Å². The number of aromatic nitrogens is 2. The van der Waals surface area contributed by atoms with Crippen LogP contribution in [0.25, 0.3) is 0 Å². The average Bonchev–Trinajstić information content (AvgIpc) is 2.51. The predicted molar refractivity (Wildman–Crippen MR) is 94.0 cm³/mol. The Hall–Kier alpha value is -2.43. The van der Waals surface area contributed by atoms with Gasteiger partial charge in [-0.25, -0.2) is 9.97 Å². The standard InChI is InChI=1S/C18H24N4O/c1-6-12(3)19-18-20-13(4)10-16(22-18)17(23)21-15-9-7-8-11(2)14(15)5/h7-10,12H,6H2,1-5H3,(H,21,23)(H,19,20,22). The van der Waals surface area contributed by atoms with Gasteiger partial charge in [0.15, 0.2) is 0 Å². The highest BCUT2D eigenvalue weighted by Crippen LogP contribution is 2.19. The third-order valence-electron chi connectivity index (χ3n) is 3.93. The molecule has 1 aromatic carbocycles. The number of aryl methyl sites for hydroxylation is 2. The summed E-state index contributed by atoms with van der Waals surface area (Å²) in [6.45, 7) is 10.0. The van der Waals surface area contributed by atoms with Gasteiger partial charge in [0.1, 0.15) is 5.69 Å². The van der Waals surface area contributed by atoms with Crippen LogP contribution in [-0.2, 0) is 0 Å². The molecule has 0 radical (unpaired) electrons. The summed E-state index contributed by atoms with van der Waals surface area (Å²) >= 11 is 0. The lowest BCUT2D eigenvalue weighted by Crippen LogP contribution is -2.20. The second-order valence-electron chi connectivity index (χ2n) is 5.87. The van der Waals surface area contributed by atoms with Crippen LogP contribution in [0, 0.1) is 20.8 Å². The number of amides is 1. The highest BCUT2D eigenvalue weighted by Gasteiger charge is 2.13. The molecule has 5 heteroatoms. The summed E-state index contributed by atoms with van der Waals surface area (Å²) in [6, 6.07) is 7.80. The normalized spacial score (nSPS) is 11.9. The third-order valence-corrected chi connectivity index (χ3v) is 3.93. The number of rotatable bonds is 5. The highest BCUT2D eigenvalue weighted by atomic mass is 16.1. The SMILES string of the molecule is CCC(C)Nc1nc(C)cc(C(=O)Nc2cccc(C)c2C)n1. The fraction of sp³-hybridized carbons (Fsp3) is 0.389. The molecule has 0 aliphatic rings. The van der Waals surface area contributed by atoms with Gasteiger partial charge in [0, 0.05) is 17.4 Å². The summed E-state index contributed by atoms with van der Waals surface area (Å²) in [4.78, 5) is 21.2. The van der Waals surface area contributed by atoms with Crippen LogP contribution in [0.3, 0.4) is 0 Å². The third kappa shape index (κ3) is 4.28. The summed E-state index contributed by atoms with van der Waals surface area (Å²) in [5.41, 5.74) is 4.13. The van der Waals surface area contributed by atoms with Crippen LogP contribution in [0.15, 0.2) is 24.3 Å². The molecule has 1 atom stereocenters. The maximum Gasteiger partial charge on any atom is 0.274 e. The Morgan fingerprint density at radius 1 is 1.22 bits per heavy atom. The van der Waals surface area contributed by atoms with Gasteiger partial charge < -0.3 is 10.6 Å². The zero-order valence-corrected chi connectivity index (χ0v) is 14.4. The van der Waals surface area contributed by atoms with Gasteiger partial charge in [-0.15, -0.1) is 0 Å². The van der Waals surface area contributed by atoms with Crippen LogP contribution in [0.5, 0.6) is 0 Å². The monoisotopic (exact) mass is 312 g/mol. The largest absolute Gasteiger partial charge is 0.352 e. The Bertz CT molecular complexity index is 712. The first kappa shape index (κ1) is 16.9. The summed E-state index contributed by atoms with van der Waals surface area (Å²) in [5, 5.41) is 6.14. The van der Waals surface area contributed by atoms with Gasteiger partial charge in [0.05, 0.1) is 0 Å². The molecule has 23 heavy (non-hydrogen) atoms. The molecular weight excluding hydrogens is 288 g/mol. The van der Waals surface area contributed by atoms with E-state index < -0.39 is 0 Å². The van der Waals surface area contributed by atoms with E-state index in [1.807, 2.05) is 39.0 Å². The van der Waals surface area contributed by atoms with Crippen LogP contribution in [0.4, 0.5) is 11.6 Å². The minimum absolute atomic E-state index is 0.226. The van der Waals surface area contributed by atoms with Gasteiger partial charge in [0.25, 0.3) is 5.91 Å². The van der Waals surface area contributed by atoms with Crippen molar-refractivity contribution in [2.75, 3.05) is 10.6 Å². The van der Waals surface area contributed by atoms with E-state index in [1.165, 1.54) is 0 Å². The molecule has 0 saturated carbocycles. The van der Waals surface area contributed by atoms with Gasteiger partial charge in [0.2, 0.25) is 5.95 Å². The molecule has 1 aromatic heterocycles. The second kappa shape index (κ2) is 7.22. The van der Waals surface area contributed by atoms with Crippen LogP contribution < -0.4 is 10.6 Å². The van der Waals surface area contributed by atoms with Crippen molar-refractivity contribution in [3.05, 3.63) is 46.8 Å². The lowest BCUT2D eigenvalue weighted by atomic mass is 10.1. The van der Waals surface area contributed by atoms with Crippen molar-refractivity contribution in [2.45, 2.75) is 47.1 Å². The molecule has 0 spiro atoms. The number of nitrogens with zero attached hydrogens (tertiary/aromatic N) is 2. The fourth-order valence-corrected chi connectivity index (χ4v) is 2.14. The number of carbonyl (C=O) groups excluding carboxylic acids is 1. The van der Waals surface area contributed by atoms with E-state index in [2.05, 4.69) is 34.4 Å². The van der Waals surface area contributed by atoms with Gasteiger partial charge in [-0.05, 0) is 57.4 Å². The average molecular weight is 312 g/mol. The van der Waals surface area contributed by atoms with Gasteiger partial charge in [-0.3, -0.25) is 4.79 Å². The van der Waals surface area contributed by atoms with E-state index in [0.29, 0.717) is 11.6 Å². The van der Waals surface area contributed by atoms with E-state index in [9.17, 15) is 4.79 Å². The summed E-state index contributed by atoms with van der Waals surface area (Å²) in [6.07, 6.45) is 0.960. The van der Waals surface area contributed by atoms with Gasteiger partial charge in [-0.2, -0.15) is 0 Å². The number of anilines is 2. The Balaban J connectivity index is 2.23. The van der Waals surface area contributed by atoms with Crippen LogP contribution in [0.2, 0.25) is 0 Å². The molecule has 2 rings (SSSR count). The van der Waals surface area contributed by atoms with E-state index in [1.54, 1.807) is 6.07 Å². The van der Waals surface area contributed by atoms with Gasteiger partial charge >= 0.3 is 0 Å². The minimum atomic E-state index is -0.226. The van der Waals surface area contributed by atoms with Crippen molar-refractivity contribution >= 4 is 17.5 Å². The first-order valence-corrected chi connectivity index (χ1v) is 7.90. The Morgan fingerprint density at radius 2 is 1.96 bits per heavy atom. The van der Waals surface area contributed by atoms with Crippen molar-refractivity contribution in [1.29, 1.82) is 0 Å². The lowest BCUT2D eigenvalue weighted by molar-refractivity contribution is 0.102. The van der Waals surface area contributed by atoms with E-state index >= 15 is 0 Å². The molecule has 0 fully saturated rings. The molecule has 122 valence electrons. The number of hydrogen-bond acceptors (Lipinski definition) is 4. The fourth-order valence-electron chi connectivity index (χ4n) is 2.14. The number of benzene rings is 1. The molecule has 2 aromatic rings. The molecule has 0 aliphatic carbocycles. The van der Waals surface area contributed by atoms with Crippen molar-refractivity contribution in [3.8, 4) is 0 Å². The first-order chi connectivity index (χ1) is 10.9. The van der Waals surface area contributed by atoms with Crippen molar-refractivity contribution in [1.82, 2.24) is 9.97 Å². The Kier molecular flexibility index (Phi) is 5.32. The van der Waals surface area contributed by atoms with Crippen molar-refractivity contribution < 1.29 is 4.79 Å². The van der Waals surface area contributed by atoms with Crippen molar-refractivity contribution in [3.63, 3.8) is 0 Å². The molecular formula is C18H24N4O. The molecule has 0 bridgehead atoms. The predicted octanol–water partition coefficient (Wildman–Crippen LogP) is 3.86. The zero-order valence-electron chi connectivity index (χ0n) is 14.4. The molecule has 2 N–H and O–H groups in total. The highest BCUT2D eigenvalue weighted by molar-refractivity contribution is 6.03. The Labute approximate surface area is 137 Å². The summed E-state index contributed by atoms with van der Waals surface area (Å²) in [7, 11) is 0.